The zero-order valence-electron chi connectivity index (χ0n) is 23.0. The molecule has 4 nitrogen and oxygen atoms in total. The maximum atomic E-state index is 13.8. The SMILES string of the molecule is CCCCCCCC(=O)[N+](Cc1ccccc1)(C(=O)CCCCCCC)C(=O)CCCCCCC. The van der Waals surface area contributed by atoms with Crippen LogP contribution in [0.25, 0.3) is 0 Å². The van der Waals surface area contributed by atoms with E-state index >= 15 is 0 Å². The average Bonchev–Trinajstić information content (AvgIpc) is 2.87. The number of hydrogen-bond donors (Lipinski definition) is 0. The summed E-state index contributed by atoms with van der Waals surface area (Å²) in [6.07, 6.45) is 16.3. The number of rotatable bonds is 20. The Labute approximate surface area is 215 Å². The first kappa shape index (κ1) is 31.2. The molecule has 0 radical (unpaired) electrons. The van der Waals surface area contributed by atoms with Crippen molar-refractivity contribution in [3.05, 3.63) is 35.9 Å². The second-order valence-corrected chi connectivity index (χ2v) is 10.1. The molecule has 0 aliphatic rings. The van der Waals surface area contributed by atoms with Crippen LogP contribution in [-0.4, -0.2) is 22.2 Å². The van der Waals surface area contributed by atoms with E-state index < -0.39 is 4.48 Å². The summed E-state index contributed by atoms with van der Waals surface area (Å²) in [5.41, 5.74) is 0.880. The minimum atomic E-state index is -0.612. The van der Waals surface area contributed by atoms with Gasteiger partial charge in [-0.2, -0.15) is 0 Å². The Morgan fingerprint density at radius 1 is 0.514 bits per heavy atom. The highest BCUT2D eigenvalue weighted by Crippen LogP contribution is 2.26. The molecule has 0 fully saturated rings. The maximum Gasteiger partial charge on any atom is 0.328 e. The van der Waals surface area contributed by atoms with Crippen molar-refractivity contribution in [3.8, 4) is 0 Å². The number of imide groups is 3. The number of amides is 3. The fourth-order valence-corrected chi connectivity index (χ4v) is 4.75. The highest BCUT2D eigenvalue weighted by Gasteiger charge is 2.49. The van der Waals surface area contributed by atoms with E-state index in [-0.39, 0.29) is 24.3 Å². The third-order valence-corrected chi connectivity index (χ3v) is 7.02. The van der Waals surface area contributed by atoms with Crippen molar-refractivity contribution in [2.45, 2.75) is 143 Å². The van der Waals surface area contributed by atoms with Gasteiger partial charge in [-0.25, -0.2) is 14.4 Å². The average molecular weight is 487 g/mol. The fraction of sp³-hybridized carbons (Fsp3) is 0.710. The summed E-state index contributed by atoms with van der Waals surface area (Å²) >= 11 is 0. The first-order valence-corrected chi connectivity index (χ1v) is 14.5. The summed E-state index contributed by atoms with van der Waals surface area (Å²) < 4.78 is -0.612. The van der Waals surface area contributed by atoms with Crippen LogP contribution in [0.15, 0.2) is 30.3 Å². The van der Waals surface area contributed by atoms with Crippen molar-refractivity contribution in [3.63, 3.8) is 0 Å². The Morgan fingerprint density at radius 3 is 1.20 bits per heavy atom. The summed E-state index contributed by atoms with van der Waals surface area (Å²) in [5.74, 6) is -0.576. The molecule has 198 valence electrons. The molecule has 1 rings (SSSR count). The monoisotopic (exact) mass is 486 g/mol. The Morgan fingerprint density at radius 2 is 0.857 bits per heavy atom. The van der Waals surface area contributed by atoms with Gasteiger partial charge in [0.15, 0.2) is 0 Å². The number of quaternary nitrogens is 1. The van der Waals surface area contributed by atoms with Crippen LogP contribution in [0, 0.1) is 0 Å². The van der Waals surface area contributed by atoms with E-state index in [0.717, 1.165) is 102 Å². The molecule has 0 atom stereocenters. The Bertz CT molecular complexity index is 649. The van der Waals surface area contributed by atoms with Gasteiger partial charge in [-0.15, -0.1) is 4.48 Å². The van der Waals surface area contributed by atoms with Crippen molar-refractivity contribution in [1.82, 2.24) is 0 Å². The van der Waals surface area contributed by atoms with Gasteiger partial charge >= 0.3 is 17.7 Å². The molecular weight excluding hydrogens is 434 g/mol. The lowest BCUT2D eigenvalue weighted by Crippen LogP contribution is -2.60. The van der Waals surface area contributed by atoms with E-state index in [9.17, 15) is 14.4 Å². The molecule has 0 aromatic heterocycles. The van der Waals surface area contributed by atoms with Gasteiger partial charge in [0.2, 0.25) is 0 Å². The molecule has 0 aliphatic heterocycles. The summed E-state index contributed by atoms with van der Waals surface area (Å²) in [6.45, 7) is 6.68. The molecule has 0 unspecified atom stereocenters. The first-order valence-electron chi connectivity index (χ1n) is 14.5. The van der Waals surface area contributed by atoms with Crippen LogP contribution >= 0.6 is 0 Å². The molecule has 4 heteroatoms. The van der Waals surface area contributed by atoms with Gasteiger partial charge in [-0.3, -0.25) is 0 Å². The molecule has 0 spiro atoms. The third kappa shape index (κ3) is 11.6. The molecular formula is C31H52NO3+. The molecule has 0 bridgehead atoms. The molecule has 3 amide bonds. The normalized spacial score (nSPS) is 11.5. The summed E-state index contributed by atoms with van der Waals surface area (Å²) in [6, 6.07) is 9.64. The number of nitrogens with zero attached hydrogens (tertiary/aromatic N) is 1. The van der Waals surface area contributed by atoms with Crippen LogP contribution in [0.4, 0.5) is 0 Å². The maximum absolute atomic E-state index is 13.8. The molecule has 1 aromatic carbocycles. The van der Waals surface area contributed by atoms with Crippen molar-refractivity contribution in [2.75, 3.05) is 0 Å². The Kier molecular flexibility index (Phi) is 17.3. The van der Waals surface area contributed by atoms with E-state index in [4.69, 9.17) is 0 Å². The van der Waals surface area contributed by atoms with E-state index in [0.29, 0.717) is 19.3 Å². The van der Waals surface area contributed by atoms with Gasteiger partial charge in [0.25, 0.3) is 0 Å². The van der Waals surface area contributed by atoms with Crippen LogP contribution in [0.2, 0.25) is 0 Å². The van der Waals surface area contributed by atoms with Gasteiger partial charge < -0.3 is 0 Å². The minimum absolute atomic E-state index is 0.163. The summed E-state index contributed by atoms with van der Waals surface area (Å²) in [4.78, 5) is 41.4. The zero-order valence-corrected chi connectivity index (χ0v) is 23.0. The first-order chi connectivity index (χ1) is 17.0. The van der Waals surface area contributed by atoms with Crippen LogP contribution in [-0.2, 0) is 20.9 Å². The largest absolute Gasteiger partial charge is 0.328 e. The van der Waals surface area contributed by atoms with Crippen LogP contribution < -0.4 is 0 Å². The summed E-state index contributed by atoms with van der Waals surface area (Å²) in [5, 5.41) is 0. The number of benzene rings is 1. The number of hydrogen-bond acceptors (Lipinski definition) is 3. The number of carbonyl (C=O) groups excluding carboxylic acids is 3. The van der Waals surface area contributed by atoms with E-state index in [1.54, 1.807) is 0 Å². The van der Waals surface area contributed by atoms with Crippen LogP contribution in [0.1, 0.15) is 142 Å². The van der Waals surface area contributed by atoms with Gasteiger partial charge in [0.1, 0.15) is 6.54 Å². The molecule has 0 aliphatic carbocycles. The lowest BCUT2D eigenvalue weighted by atomic mass is 10.0. The molecule has 0 N–H and O–H groups in total. The highest BCUT2D eigenvalue weighted by molar-refractivity contribution is 5.97. The lowest BCUT2D eigenvalue weighted by molar-refractivity contribution is -0.718. The summed E-state index contributed by atoms with van der Waals surface area (Å²) in [7, 11) is 0. The smallest absolute Gasteiger partial charge is 0.230 e. The van der Waals surface area contributed by atoms with Crippen molar-refractivity contribution < 1.29 is 18.9 Å². The topological polar surface area (TPSA) is 51.2 Å². The molecule has 1 aromatic rings. The molecule has 0 saturated heterocycles. The fourth-order valence-electron chi connectivity index (χ4n) is 4.75. The van der Waals surface area contributed by atoms with Crippen LogP contribution in [0.5, 0.6) is 0 Å². The number of unbranched alkanes of at least 4 members (excludes halogenated alkanes) is 12. The van der Waals surface area contributed by atoms with Gasteiger partial charge in [0.05, 0.1) is 19.3 Å². The Hall–Kier alpha value is -1.81. The van der Waals surface area contributed by atoms with Gasteiger partial charge in [0, 0.05) is 5.56 Å². The second-order valence-electron chi connectivity index (χ2n) is 10.1. The van der Waals surface area contributed by atoms with Crippen LogP contribution in [0.3, 0.4) is 0 Å². The van der Waals surface area contributed by atoms with Crippen molar-refractivity contribution in [1.29, 1.82) is 0 Å². The third-order valence-electron chi connectivity index (χ3n) is 7.02. The van der Waals surface area contributed by atoms with E-state index in [1.807, 2.05) is 30.3 Å². The van der Waals surface area contributed by atoms with E-state index in [2.05, 4.69) is 20.8 Å². The zero-order chi connectivity index (χ0) is 25.8. The van der Waals surface area contributed by atoms with Crippen molar-refractivity contribution in [2.24, 2.45) is 0 Å². The van der Waals surface area contributed by atoms with Gasteiger partial charge in [-0.05, 0) is 19.3 Å². The molecule has 0 saturated carbocycles. The highest BCUT2D eigenvalue weighted by atomic mass is 16.2. The predicted octanol–water partition coefficient (Wildman–Crippen LogP) is 8.66. The lowest BCUT2D eigenvalue weighted by Gasteiger charge is -2.31. The molecule has 35 heavy (non-hydrogen) atoms. The standard InChI is InChI=1S/C31H52NO3/c1-4-7-10-13-19-24-29(33)32(27-28-22-17-16-18-23-28,30(34)25-20-14-11-8-5-2)31(35)26-21-15-12-9-6-3/h16-18,22-23H,4-15,19-21,24-27H2,1-3H3/q+1. The second kappa shape index (κ2) is 19.4. The minimum Gasteiger partial charge on any atom is -0.230 e. The van der Waals surface area contributed by atoms with Gasteiger partial charge in [-0.1, -0.05) is 128 Å². The predicted molar refractivity (Wildman–Crippen MR) is 146 cm³/mol. The Balaban J connectivity index is 3.11. The van der Waals surface area contributed by atoms with Crippen molar-refractivity contribution >= 4 is 17.7 Å². The molecule has 0 heterocycles. The number of carbonyl (C=O) groups is 3. The quantitative estimate of drug-likeness (QED) is 0.137. The van der Waals surface area contributed by atoms with E-state index in [1.165, 1.54) is 0 Å².